The monoisotopic (exact) mass is 1410 g/mol. The Bertz CT molecular complexity index is 1880. The van der Waals surface area contributed by atoms with Crippen LogP contribution >= 0.6 is 15.6 Å². The van der Waals surface area contributed by atoms with Crippen LogP contribution in [0.1, 0.15) is 389 Å². The first-order valence-electron chi connectivity index (χ1n) is 39.7. The molecule has 2 unspecified atom stereocenters. The summed E-state index contributed by atoms with van der Waals surface area (Å²) >= 11 is 0. The summed E-state index contributed by atoms with van der Waals surface area (Å²) in [6.45, 7) is 14.1. The van der Waals surface area contributed by atoms with Crippen LogP contribution in [0, 0.1) is 23.7 Å². The summed E-state index contributed by atoms with van der Waals surface area (Å²) in [5.74, 6) is 0.886. The lowest BCUT2D eigenvalue weighted by Crippen LogP contribution is -2.30. The van der Waals surface area contributed by atoms with Crippen LogP contribution in [0.5, 0.6) is 0 Å². The van der Waals surface area contributed by atoms with Crippen molar-refractivity contribution in [1.29, 1.82) is 0 Å². The van der Waals surface area contributed by atoms with Gasteiger partial charge in [-0.2, -0.15) is 0 Å². The van der Waals surface area contributed by atoms with E-state index in [4.69, 9.17) is 37.0 Å². The van der Waals surface area contributed by atoms with E-state index in [2.05, 4.69) is 55.4 Å². The Morgan fingerprint density at radius 1 is 0.260 bits per heavy atom. The number of carbonyl (C=O) groups excluding carboxylic acids is 4. The average Bonchev–Trinajstić information content (AvgIpc) is 1.62. The van der Waals surface area contributed by atoms with Gasteiger partial charge in [0.25, 0.3) is 0 Å². The predicted octanol–water partition coefficient (Wildman–Crippen LogP) is 22.4. The molecule has 0 heterocycles. The molecule has 570 valence electrons. The van der Waals surface area contributed by atoms with Crippen molar-refractivity contribution in [2.45, 2.75) is 408 Å². The van der Waals surface area contributed by atoms with Crippen molar-refractivity contribution in [2.24, 2.45) is 23.7 Å². The zero-order chi connectivity index (χ0) is 71.0. The van der Waals surface area contributed by atoms with Crippen LogP contribution in [0.4, 0.5) is 0 Å². The van der Waals surface area contributed by atoms with Gasteiger partial charge in [-0.15, -0.1) is 0 Å². The van der Waals surface area contributed by atoms with Crippen molar-refractivity contribution < 1.29 is 80.2 Å². The molecular weight excluding hydrogens is 1260 g/mol. The lowest BCUT2D eigenvalue weighted by molar-refractivity contribution is -0.161. The smallest absolute Gasteiger partial charge is 0.462 e. The number of phosphoric acid groups is 2. The number of aliphatic hydroxyl groups is 1. The number of hydrogen-bond donors (Lipinski definition) is 3. The van der Waals surface area contributed by atoms with Crippen LogP contribution < -0.4 is 0 Å². The Balaban J connectivity index is 5.19. The Hall–Kier alpha value is -1.94. The zero-order valence-electron chi connectivity index (χ0n) is 63.0. The third-order valence-electron chi connectivity index (χ3n) is 17.8. The number of rotatable bonds is 74. The van der Waals surface area contributed by atoms with Crippen LogP contribution in [0.25, 0.3) is 0 Å². The molecule has 17 nitrogen and oxygen atoms in total. The highest BCUT2D eigenvalue weighted by Crippen LogP contribution is 2.45. The number of carbonyl (C=O) groups is 4. The van der Waals surface area contributed by atoms with Crippen molar-refractivity contribution >= 4 is 39.5 Å². The summed E-state index contributed by atoms with van der Waals surface area (Å²) in [6, 6.07) is 0. The number of hydrogen-bond acceptors (Lipinski definition) is 15. The normalized spacial score (nSPS) is 14.1. The Kier molecular flexibility index (Phi) is 65.0. The summed E-state index contributed by atoms with van der Waals surface area (Å²) in [6.07, 6.45) is 51.6. The molecule has 0 aromatic heterocycles. The summed E-state index contributed by atoms with van der Waals surface area (Å²) < 4.78 is 68.5. The van der Waals surface area contributed by atoms with Crippen molar-refractivity contribution in [2.75, 3.05) is 39.6 Å². The van der Waals surface area contributed by atoms with Crippen molar-refractivity contribution in [3.63, 3.8) is 0 Å². The quantitative estimate of drug-likeness (QED) is 0.0222. The molecular formula is C77H150O17P2. The zero-order valence-corrected chi connectivity index (χ0v) is 64.8. The topological polar surface area (TPSA) is 237 Å². The second-order valence-corrected chi connectivity index (χ2v) is 32.6. The first-order valence-corrected chi connectivity index (χ1v) is 42.7. The van der Waals surface area contributed by atoms with E-state index in [-0.39, 0.29) is 25.7 Å². The van der Waals surface area contributed by atoms with E-state index in [1.165, 1.54) is 186 Å². The van der Waals surface area contributed by atoms with Crippen LogP contribution in [-0.2, 0) is 65.4 Å². The maximum atomic E-state index is 13.1. The summed E-state index contributed by atoms with van der Waals surface area (Å²) in [4.78, 5) is 72.8. The molecule has 0 aromatic rings. The van der Waals surface area contributed by atoms with Crippen molar-refractivity contribution in [3.8, 4) is 0 Å². The minimum Gasteiger partial charge on any atom is -0.462 e. The molecule has 0 aliphatic heterocycles. The summed E-state index contributed by atoms with van der Waals surface area (Å²) in [7, 11) is -9.91. The molecule has 5 atom stereocenters. The standard InChI is InChI=1S/C77H150O17P2/c1-67(2)53-45-37-29-23-18-15-13-11-9-10-12-14-16-20-26-33-43-51-59-76(81)93-72(63-87-74(79)57-49-41-32-28-22-25-31-39-47-55-69(5)6)65-91-95(83,84)89-61-71(78)62-90-96(85,86)92-66-73(64-88-75(80)58-50-42-36-35-40-48-56-70(7)8)94-77(82)60-52-44-34-27-21-17-19-24-30-38-46-54-68(3)4/h67-73,78H,9-66H2,1-8H3,(H,83,84)(H,85,86)/t71-,72-,73-/m1/s1. The molecule has 0 aromatic carbocycles. The molecule has 0 aliphatic rings. The Labute approximate surface area is 588 Å². The lowest BCUT2D eigenvalue weighted by atomic mass is 10.0. The number of esters is 4. The van der Waals surface area contributed by atoms with E-state index < -0.39 is 97.5 Å². The van der Waals surface area contributed by atoms with Gasteiger partial charge >= 0.3 is 39.5 Å². The van der Waals surface area contributed by atoms with Gasteiger partial charge in [0.1, 0.15) is 19.3 Å². The fraction of sp³-hybridized carbons (Fsp3) is 0.948. The fourth-order valence-corrected chi connectivity index (χ4v) is 13.3. The second-order valence-electron chi connectivity index (χ2n) is 29.7. The minimum atomic E-state index is -4.96. The average molecular weight is 1410 g/mol. The van der Waals surface area contributed by atoms with Gasteiger partial charge < -0.3 is 33.8 Å². The largest absolute Gasteiger partial charge is 0.472 e. The third-order valence-corrected chi connectivity index (χ3v) is 19.7. The molecule has 0 saturated heterocycles. The molecule has 0 bridgehead atoms. The highest BCUT2D eigenvalue weighted by molar-refractivity contribution is 7.47. The number of aliphatic hydroxyl groups excluding tert-OH is 1. The number of ether oxygens (including phenoxy) is 4. The van der Waals surface area contributed by atoms with Gasteiger partial charge in [-0.3, -0.25) is 37.3 Å². The van der Waals surface area contributed by atoms with Crippen LogP contribution in [0.3, 0.4) is 0 Å². The minimum absolute atomic E-state index is 0.105. The van der Waals surface area contributed by atoms with E-state index >= 15 is 0 Å². The van der Waals surface area contributed by atoms with E-state index in [9.17, 15) is 43.2 Å². The molecule has 0 saturated carbocycles. The van der Waals surface area contributed by atoms with Gasteiger partial charge in [-0.25, -0.2) is 9.13 Å². The molecule has 0 rings (SSSR count). The highest BCUT2D eigenvalue weighted by Gasteiger charge is 2.30. The predicted molar refractivity (Wildman–Crippen MR) is 391 cm³/mol. The van der Waals surface area contributed by atoms with Crippen LogP contribution in [0.2, 0.25) is 0 Å². The van der Waals surface area contributed by atoms with E-state index in [0.717, 1.165) is 114 Å². The molecule has 96 heavy (non-hydrogen) atoms. The van der Waals surface area contributed by atoms with Crippen molar-refractivity contribution in [1.82, 2.24) is 0 Å². The van der Waals surface area contributed by atoms with E-state index in [1.807, 2.05) is 0 Å². The summed E-state index contributed by atoms with van der Waals surface area (Å²) in [5.41, 5.74) is 0. The molecule has 19 heteroatoms. The summed E-state index contributed by atoms with van der Waals surface area (Å²) in [5, 5.41) is 10.6. The van der Waals surface area contributed by atoms with Gasteiger partial charge in [-0.1, -0.05) is 338 Å². The van der Waals surface area contributed by atoms with Gasteiger partial charge in [0, 0.05) is 25.7 Å². The van der Waals surface area contributed by atoms with Crippen LogP contribution in [0.15, 0.2) is 0 Å². The number of unbranched alkanes of at least 4 members (excludes halogenated alkanes) is 40. The van der Waals surface area contributed by atoms with Crippen LogP contribution in [-0.4, -0.2) is 96.7 Å². The van der Waals surface area contributed by atoms with Gasteiger partial charge in [0.05, 0.1) is 26.4 Å². The first kappa shape index (κ1) is 94.1. The second kappa shape index (κ2) is 66.3. The molecule has 0 radical (unpaired) electrons. The Morgan fingerprint density at radius 3 is 0.646 bits per heavy atom. The van der Waals surface area contributed by atoms with E-state index in [1.54, 1.807) is 0 Å². The molecule has 0 amide bonds. The van der Waals surface area contributed by atoms with E-state index in [0.29, 0.717) is 31.6 Å². The SMILES string of the molecule is CC(C)CCCCCCCCCCCCCCCCCCCCC(=O)O[C@H](COC(=O)CCCCCCCCCCCC(C)C)COP(=O)(O)OC[C@@H](O)COP(=O)(O)OC[C@@H](COC(=O)CCCCCCCCC(C)C)OC(=O)CCCCCCCCCCCCCC(C)C. The Morgan fingerprint density at radius 2 is 0.438 bits per heavy atom. The maximum Gasteiger partial charge on any atom is 0.472 e. The lowest BCUT2D eigenvalue weighted by Gasteiger charge is -2.21. The first-order chi connectivity index (χ1) is 46.1. The van der Waals surface area contributed by atoms with Gasteiger partial charge in [-0.05, 0) is 49.4 Å². The molecule has 0 spiro atoms. The number of phosphoric ester groups is 2. The molecule has 3 N–H and O–H groups in total. The van der Waals surface area contributed by atoms with Gasteiger partial charge in [0.2, 0.25) is 0 Å². The maximum absolute atomic E-state index is 13.1. The highest BCUT2D eigenvalue weighted by atomic mass is 31.2. The van der Waals surface area contributed by atoms with Crippen molar-refractivity contribution in [3.05, 3.63) is 0 Å². The molecule has 0 aliphatic carbocycles. The fourth-order valence-electron chi connectivity index (χ4n) is 11.7. The van der Waals surface area contributed by atoms with Gasteiger partial charge in [0.15, 0.2) is 12.2 Å². The molecule has 0 fully saturated rings. The third kappa shape index (κ3) is 70.5.